The van der Waals surface area contributed by atoms with Crippen molar-refractivity contribution in [2.45, 2.75) is 33.9 Å². The number of fused-ring (bicyclic) bond motifs is 1. The van der Waals surface area contributed by atoms with Gasteiger partial charge in [-0.25, -0.2) is 4.90 Å². The van der Waals surface area contributed by atoms with Gasteiger partial charge in [0.25, 0.3) is 5.91 Å². The van der Waals surface area contributed by atoms with Crippen molar-refractivity contribution in [1.29, 1.82) is 0 Å². The molecule has 0 saturated carbocycles. The smallest absolute Gasteiger partial charge is 0.304 e. The molecule has 1 aliphatic heterocycles. The Balaban J connectivity index is 2.49. The number of rotatable bonds is 1. The molecule has 1 aromatic carbocycles. The fourth-order valence-electron chi connectivity index (χ4n) is 2.12. The zero-order chi connectivity index (χ0) is 15.1. The minimum atomic E-state index is -0.970. The van der Waals surface area contributed by atoms with Crippen LogP contribution in [0.5, 0.6) is 0 Å². The minimum absolute atomic E-state index is 0.370. The van der Waals surface area contributed by atoms with Crippen LogP contribution in [-0.2, 0) is 14.3 Å². The highest BCUT2D eigenvalue weighted by atomic mass is 16.6. The van der Waals surface area contributed by atoms with Crippen LogP contribution in [0.25, 0.3) is 0 Å². The quantitative estimate of drug-likeness (QED) is 0.738. The van der Waals surface area contributed by atoms with Gasteiger partial charge in [-0.3, -0.25) is 14.4 Å². The molecule has 0 bridgehead atoms. The first kappa shape index (κ1) is 14.2. The largest absolute Gasteiger partial charge is 0.437 e. The van der Waals surface area contributed by atoms with Crippen molar-refractivity contribution in [3.8, 4) is 0 Å². The van der Waals surface area contributed by atoms with Crippen molar-refractivity contribution < 1.29 is 19.1 Å². The lowest BCUT2D eigenvalue weighted by atomic mass is 9.95. The normalized spacial score (nSPS) is 17.9. The second-order valence-electron chi connectivity index (χ2n) is 5.78. The third kappa shape index (κ3) is 2.31. The van der Waals surface area contributed by atoms with Crippen LogP contribution in [0.2, 0.25) is 0 Å². The molecule has 2 rings (SSSR count). The zero-order valence-corrected chi connectivity index (χ0v) is 12.0. The number of nitrogens with zero attached hydrogens (tertiary/aromatic N) is 1. The van der Waals surface area contributed by atoms with Crippen molar-refractivity contribution in [2.75, 3.05) is 0 Å². The average molecular weight is 275 g/mol. The van der Waals surface area contributed by atoms with Gasteiger partial charge in [0.2, 0.25) is 12.1 Å². The van der Waals surface area contributed by atoms with Gasteiger partial charge in [-0.05, 0) is 6.07 Å². The van der Waals surface area contributed by atoms with E-state index in [2.05, 4.69) is 0 Å². The molecular formula is C15H17NO4. The Morgan fingerprint density at radius 3 is 2.35 bits per heavy atom. The Bertz CT molecular complexity index is 586. The summed E-state index contributed by atoms with van der Waals surface area (Å²) in [7, 11) is 0. The van der Waals surface area contributed by atoms with Crippen LogP contribution in [0.1, 0.15) is 49.8 Å². The Hall–Kier alpha value is -2.17. The van der Waals surface area contributed by atoms with Crippen LogP contribution in [0.4, 0.5) is 0 Å². The Morgan fingerprint density at radius 2 is 1.80 bits per heavy atom. The molecule has 1 atom stereocenters. The molecule has 0 N–H and O–H groups in total. The topological polar surface area (TPSA) is 63.7 Å². The number of ether oxygens (including phenoxy) is 1. The van der Waals surface area contributed by atoms with Crippen LogP contribution < -0.4 is 0 Å². The Morgan fingerprint density at radius 1 is 1.20 bits per heavy atom. The van der Waals surface area contributed by atoms with E-state index >= 15 is 0 Å². The molecule has 0 unspecified atom stereocenters. The van der Waals surface area contributed by atoms with E-state index in [0.29, 0.717) is 11.1 Å². The molecule has 0 aromatic heterocycles. The first-order valence-corrected chi connectivity index (χ1v) is 6.37. The molecule has 5 heteroatoms. The van der Waals surface area contributed by atoms with E-state index in [-0.39, 0.29) is 5.91 Å². The molecule has 0 fully saturated rings. The van der Waals surface area contributed by atoms with E-state index in [4.69, 9.17) is 4.74 Å². The molecule has 20 heavy (non-hydrogen) atoms. The lowest BCUT2D eigenvalue weighted by Crippen LogP contribution is -2.42. The number of carbonyl (C=O) groups is 3. The summed E-state index contributed by atoms with van der Waals surface area (Å²) in [5, 5.41) is 0. The lowest BCUT2D eigenvalue weighted by Gasteiger charge is -2.28. The number of imide groups is 1. The molecule has 1 aliphatic rings. The zero-order valence-electron chi connectivity index (χ0n) is 12.0. The fourth-order valence-corrected chi connectivity index (χ4v) is 2.12. The Labute approximate surface area is 117 Å². The SMILES string of the molecule is CC(=O)O[C@@H]1c2ccccc2C(=O)N1C(=O)C(C)(C)C. The molecule has 5 nitrogen and oxygen atoms in total. The standard InChI is InChI=1S/C15H17NO4/c1-9(17)20-13-11-8-6-5-7-10(11)12(18)16(13)14(19)15(2,3)4/h5-8,13H,1-4H3/t13-/m1/s1. The summed E-state index contributed by atoms with van der Waals surface area (Å²) < 4.78 is 5.18. The van der Waals surface area contributed by atoms with Crippen molar-refractivity contribution in [2.24, 2.45) is 5.41 Å². The third-order valence-electron chi connectivity index (χ3n) is 3.05. The summed E-state index contributed by atoms with van der Waals surface area (Å²) in [6.07, 6.45) is -0.970. The predicted molar refractivity (Wildman–Crippen MR) is 71.6 cm³/mol. The van der Waals surface area contributed by atoms with Crippen molar-refractivity contribution in [3.05, 3.63) is 35.4 Å². The predicted octanol–water partition coefficient (Wildman–Crippen LogP) is 2.28. The van der Waals surface area contributed by atoms with Gasteiger partial charge in [-0.1, -0.05) is 39.0 Å². The monoisotopic (exact) mass is 275 g/mol. The average Bonchev–Trinajstić information content (AvgIpc) is 2.61. The van der Waals surface area contributed by atoms with E-state index in [9.17, 15) is 14.4 Å². The van der Waals surface area contributed by atoms with E-state index in [1.165, 1.54) is 6.92 Å². The van der Waals surface area contributed by atoms with E-state index in [0.717, 1.165) is 4.90 Å². The summed E-state index contributed by atoms with van der Waals surface area (Å²) in [6, 6.07) is 6.78. The van der Waals surface area contributed by atoms with Crippen LogP contribution >= 0.6 is 0 Å². The van der Waals surface area contributed by atoms with Crippen molar-refractivity contribution in [3.63, 3.8) is 0 Å². The minimum Gasteiger partial charge on any atom is -0.437 e. The van der Waals surface area contributed by atoms with E-state index in [1.807, 2.05) is 0 Å². The maximum atomic E-state index is 12.5. The summed E-state index contributed by atoms with van der Waals surface area (Å²) in [5.74, 6) is -1.33. The number of benzene rings is 1. The number of esters is 1. The number of carbonyl (C=O) groups excluding carboxylic acids is 3. The molecule has 1 heterocycles. The maximum absolute atomic E-state index is 12.5. The highest BCUT2D eigenvalue weighted by molar-refractivity contribution is 6.09. The van der Waals surface area contributed by atoms with E-state index in [1.54, 1.807) is 45.0 Å². The molecule has 0 radical (unpaired) electrons. The number of amides is 2. The van der Waals surface area contributed by atoms with Gasteiger partial charge >= 0.3 is 5.97 Å². The van der Waals surface area contributed by atoms with Gasteiger partial charge in [0.15, 0.2) is 0 Å². The summed E-state index contributed by atoms with van der Waals surface area (Å²) in [5.41, 5.74) is 0.206. The van der Waals surface area contributed by atoms with Gasteiger partial charge in [0.1, 0.15) is 0 Å². The van der Waals surface area contributed by atoms with Crippen molar-refractivity contribution >= 4 is 17.8 Å². The second-order valence-corrected chi connectivity index (χ2v) is 5.78. The molecule has 0 spiro atoms. The molecular weight excluding hydrogens is 258 g/mol. The van der Waals surface area contributed by atoms with Gasteiger partial charge in [0, 0.05) is 23.5 Å². The lowest BCUT2D eigenvalue weighted by molar-refractivity contribution is -0.161. The highest BCUT2D eigenvalue weighted by Gasteiger charge is 2.45. The molecule has 106 valence electrons. The van der Waals surface area contributed by atoms with Gasteiger partial charge in [-0.15, -0.1) is 0 Å². The fraction of sp³-hybridized carbons (Fsp3) is 0.400. The molecule has 0 aliphatic carbocycles. The molecule has 2 amide bonds. The summed E-state index contributed by atoms with van der Waals surface area (Å²) >= 11 is 0. The van der Waals surface area contributed by atoms with Crippen LogP contribution in [0.15, 0.2) is 24.3 Å². The Kier molecular flexibility index (Phi) is 3.38. The third-order valence-corrected chi connectivity index (χ3v) is 3.05. The van der Waals surface area contributed by atoms with Crippen molar-refractivity contribution in [1.82, 2.24) is 4.90 Å². The van der Waals surface area contributed by atoms with Crippen LogP contribution in [0, 0.1) is 5.41 Å². The second kappa shape index (κ2) is 4.74. The molecule has 0 saturated heterocycles. The highest BCUT2D eigenvalue weighted by Crippen LogP contribution is 2.37. The summed E-state index contributed by atoms with van der Waals surface area (Å²) in [4.78, 5) is 37.1. The first-order chi connectivity index (χ1) is 9.23. The van der Waals surface area contributed by atoms with Gasteiger partial charge < -0.3 is 4.74 Å². The maximum Gasteiger partial charge on any atom is 0.304 e. The van der Waals surface area contributed by atoms with Gasteiger partial charge in [-0.2, -0.15) is 0 Å². The number of hydrogen-bond donors (Lipinski definition) is 0. The van der Waals surface area contributed by atoms with Crippen LogP contribution in [0.3, 0.4) is 0 Å². The van der Waals surface area contributed by atoms with E-state index < -0.39 is 23.5 Å². The summed E-state index contributed by atoms with van der Waals surface area (Å²) in [6.45, 7) is 6.41. The molecule has 1 aromatic rings. The van der Waals surface area contributed by atoms with Crippen LogP contribution in [-0.4, -0.2) is 22.7 Å². The number of hydrogen-bond acceptors (Lipinski definition) is 4. The first-order valence-electron chi connectivity index (χ1n) is 6.37. The van der Waals surface area contributed by atoms with Gasteiger partial charge in [0.05, 0.1) is 0 Å².